The van der Waals surface area contributed by atoms with Crippen LogP contribution >= 0.6 is 0 Å². The highest BCUT2D eigenvalue weighted by atomic mass is 14.3. The summed E-state index contributed by atoms with van der Waals surface area (Å²) in [5.74, 6) is 0. The average molecular weight is 383 g/mol. The molecule has 2 aliphatic rings. The minimum atomic E-state index is 1.03. The van der Waals surface area contributed by atoms with Gasteiger partial charge >= 0.3 is 0 Å². The lowest BCUT2D eigenvalue weighted by Crippen LogP contribution is -1.92. The Morgan fingerprint density at radius 2 is 1.30 bits per heavy atom. The van der Waals surface area contributed by atoms with Crippen LogP contribution in [0, 0.1) is 13.8 Å². The molecule has 0 bridgehead atoms. The van der Waals surface area contributed by atoms with E-state index in [1.807, 2.05) is 0 Å². The van der Waals surface area contributed by atoms with Crippen LogP contribution in [0.15, 0.2) is 72.8 Å². The summed E-state index contributed by atoms with van der Waals surface area (Å²) in [6.45, 7) is 4.50. The molecule has 0 aliphatic heterocycles. The molecule has 5 aromatic carbocycles. The van der Waals surface area contributed by atoms with Crippen LogP contribution in [-0.2, 0) is 12.8 Å². The van der Waals surface area contributed by atoms with Crippen LogP contribution in [0.2, 0.25) is 0 Å². The van der Waals surface area contributed by atoms with E-state index in [1.165, 1.54) is 77.2 Å². The third kappa shape index (κ3) is 1.96. The molecule has 7 rings (SSSR count). The minimum absolute atomic E-state index is 1.03. The Morgan fingerprint density at radius 3 is 2.20 bits per heavy atom. The molecule has 0 N–H and O–H groups in total. The van der Waals surface area contributed by atoms with Crippen molar-refractivity contribution in [3.05, 3.63) is 106 Å². The molecule has 5 aromatic rings. The molecule has 0 atom stereocenters. The van der Waals surface area contributed by atoms with Crippen molar-refractivity contribution in [2.24, 2.45) is 0 Å². The van der Waals surface area contributed by atoms with E-state index in [9.17, 15) is 0 Å². The van der Waals surface area contributed by atoms with Crippen LogP contribution in [0.4, 0.5) is 0 Å². The van der Waals surface area contributed by atoms with Crippen molar-refractivity contribution in [2.45, 2.75) is 26.7 Å². The molecule has 142 valence electrons. The van der Waals surface area contributed by atoms with Crippen LogP contribution in [0.25, 0.3) is 43.8 Å². The van der Waals surface area contributed by atoms with Crippen molar-refractivity contribution in [1.29, 1.82) is 0 Å². The van der Waals surface area contributed by atoms with Crippen molar-refractivity contribution in [3.8, 4) is 22.3 Å². The van der Waals surface area contributed by atoms with Gasteiger partial charge in [-0.25, -0.2) is 0 Å². The van der Waals surface area contributed by atoms with Gasteiger partial charge in [0.05, 0.1) is 0 Å². The molecule has 0 radical (unpaired) electrons. The van der Waals surface area contributed by atoms with E-state index in [4.69, 9.17) is 0 Å². The number of hydrogen-bond acceptors (Lipinski definition) is 0. The quantitative estimate of drug-likeness (QED) is 0.235. The van der Waals surface area contributed by atoms with E-state index in [-0.39, 0.29) is 0 Å². The molecule has 0 amide bonds. The Bertz CT molecular complexity index is 1550. The highest BCUT2D eigenvalue weighted by molar-refractivity contribution is 6.19. The maximum atomic E-state index is 2.47. The summed E-state index contributed by atoms with van der Waals surface area (Å²) in [6.07, 6.45) is 2.09. The lowest BCUT2D eigenvalue weighted by molar-refractivity contribution is 1.19. The van der Waals surface area contributed by atoms with E-state index in [0.29, 0.717) is 0 Å². The van der Waals surface area contributed by atoms with Gasteiger partial charge in [-0.1, -0.05) is 78.4 Å². The van der Waals surface area contributed by atoms with Gasteiger partial charge in [-0.2, -0.15) is 0 Å². The largest absolute Gasteiger partial charge is 0.0619 e. The van der Waals surface area contributed by atoms with Crippen LogP contribution in [-0.4, -0.2) is 0 Å². The van der Waals surface area contributed by atoms with Crippen molar-refractivity contribution < 1.29 is 0 Å². The van der Waals surface area contributed by atoms with E-state index in [0.717, 1.165) is 12.8 Å². The highest BCUT2D eigenvalue weighted by Gasteiger charge is 2.32. The zero-order valence-corrected chi connectivity index (χ0v) is 17.3. The summed E-state index contributed by atoms with van der Waals surface area (Å²) < 4.78 is 0. The second kappa shape index (κ2) is 5.61. The minimum Gasteiger partial charge on any atom is -0.0619 e. The SMILES string of the molecule is Cc1ccc2c3c(c4ccccc4c2c1)-c1c(cc(C)c2c1-c1ccccc1C2)C3. The van der Waals surface area contributed by atoms with Crippen LogP contribution in [0.1, 0.15) is 33.4 Å². The van der Waals surface area contributed by atoms with Gasteiger partial charge in [-0.05, 0) is 98.3 Å². The average Bonchev–Trinajstić information content (AvgIpc) is 3.33. The van der Waals surface area contributed by atoms with E-state index < -0.39 is 0 Å². The second-order valence-corrected chi connectivity index (χ2v) is 9.04. The lowest BCUT2D eigenvalue weighted by atomic mass is 9.87. The molecule has 0 heteroatoms. The summed E-state index contributed by atoms with van der Waals surface area (Å²) in [5, 5.41) is 5.59. The molecular weight excluding hydrogens is 360 g/mol. The first-order valence-electron chi connectivity index (χ1n) is 10.9. The van der Waals surface area contributed by atoms with E-state index in [1.54, 1.807) is 0 Å². The second-order valence-electron chi connectivity index (χ2n) is 9.04. The molecule has 2 aliphatic carbocycles. The summed E-state index contributed by atoms with van der Waals surface area (Å²) >= 11 is 0. The number of rotatable bonds is 0. The third-order valence-electron chi connectivity index (χ3n) is 7.30. The van der Waals surface area contributed by atoms with Crippen molar-refractivity contribution in [3.63, 3.8) is 0 Å². The molecule has 0 aromatic heterocycles. The summed E-state index contributed by atoms with van der Waals surface area (Å²) in [4.78, 5) is 0. The van der Waals surface area contributed by atoms with E-state index >= 15 is 0 Å². The number of benzene rings is 5. The van der Waals surface area contributed by atoms with Gasteiger partial charge in [-0.3, -0.25) is 0 Å². The molecule has 0 spiro atoms. The van der Waals surface area contributed by atoms with Crippen LogP contribution in [0.5, 0.6) is 0 Å². The maximum Gasteiger partial charge on any atom is -0.000672 e. The predicted octanol–water partition coefficient (Wildman–Crippen LogP) is 7.75. The molecule has 0 saturated heterocycles. The fourth-order valence-corrected chi connectivity index (χ4v) is 6.02. The van der Waals surface area contributed by atoms with Crippen LogP contribution in [0.3, 0.4) is 0 Å². The maximum absolute atomic E-state index is 2.47. The topological polar surface area (TPSA) is 0 Å². The normalized spacial score (nSPS) is 13.4. The zero-order chi connectivity index (χ0) is 20.0. The third-order valence-corrected chi connectivity index (χ3v) is 7.30. The molecule has 0 saturated carbocycles. The first kappa shape index (κ1) is 16.4. The lowest BCUT2D eigenvalue weighted by Gasteiger charge is -2.16. The molecule has 0 fully saturated rings. The molecule has 0 unspecified atom stereocenters. The van der Waals surface area contributed by atoms with Crippen LogP contribution < -0.4 is 0 Å². The first-order chi connectivity index (χ1) is 14.7. The van der Waals surface area contributed by atoms with Crippen molar-refractivity contribution in [2.75, 3.05) is 0 Å². The summed E-state index contributed by atoms with van der Waals surface area (Å²) in [5.41, 5.74) is 14.7. The van der Waals surface area contributed by atoms with Crippen molar-refractivity contribution in [1.82, 2.24) is 0 Å². The Hall–Kier alpha value is -3.38. The van der Waals surface area contributed by atoms with Gasteiger partial charge < -0.3 is 0 Å². The monoisotopic (exact) mass is 382 g/mol. The molecule has 0 nitrogen and oxygen atoms in total. The van der Waals surface area contributed by atoms with Gasteiger partial charge in [0.2, 0.25) is 0 Å². The number of hydrogen-bond donors (Lipinski definition) is 0. The predicted molar refractivity (Wildman–Crippen MR) is 127 cm³/mol. The number of fused-ring (bicyclic) bond motifs is 12. The molecule has 30 heavy (non-hydrogen) atoms. The Kier molecular flexibility index (Phi) is 3.07. The first-order valence-corrected chi connectivity index (χ1v) is 10.9. The van der Waals surface area contributed by atoms with Gasteiger partial charge in [0.15, 0.2) is 0 Å². The van der Waals surface area contributed by atoms with Gasteiger partial charge in [0.25, 0.3) is 0 Å². The van der Waals surface area contributed by atoms with Gasteiger partial charge in [0.1, 0.15) is 0 Å². The highest BCUT2D eigenvalue weighted by Crippen LogP contribution is 2.53. The molecule has 0 heterocycles. The Labute approximate surface area is 176 Å². The summed E-state index contributed by atoms with van der Waals surface area (Å²) in [7, 11) is 0. The van der Waals surface area contributed by atoms with E-state index in [2.05, 4.69) is 86.6 Å². The smallest absolute Gasteiger partial charge is 0.000672 e. The van der Waals surface area contributed by atoms with Crippen molar-refractivity contribution >= 4 is 21.5 Å². The number of aryl methyl sites for hydroxylation is 2. The zero-order valence-electron chi connectivity index (χ0n) is 17.3. The Balaban J connectivity index is 1.69. The fraction of sp³-hybridized carbons (Fsp3) is 0.133. The Morgan fingerprint density at radius 1 is 0.533 bits per heavy atom. The fourth-order valence-electron chi connectivity index (χ4n) is 6.02. The summed E-state index contributed by atoms with van der Waals surface area (Å²) in [6, 6.07) is 27.5. The molecular formula is C30H22. The van der Waals surface area contributed by atoms with Gasteiger partial charge in [0, 0.05) is 0 Å². The standard InChI is InChI=1S/C30H22/c1-17-11-12-23-26(13-17)22-9-5-6-10-24(22)30-27(23)16-20-14-18(2)25-15-19-7-3-4-8-21(19)29(25)28(20)30/h3-14H,15-16H2,1-2H3. The van der Waals surface area contributed by atoms with Gasteiger partial charge in [-0.15, -0.1) is 0 Å².